The third-order valence-corrected chi connectivity index (χ3v) is 5.94. The fraction of sp³-hybridized carbons (Fsp3) is 1.00. The monoisotopic (exact) mass is 280 g/mol. The summed E-state index contributed by atoms with van der Waals surface area (Å²) in [5.41, 5.74) is 0. The van der Waals surface area contributed by atoms with Crippen molar-refractivity contribution in [2.75, 3.05) is 26.7 Å². The van der Waals surface area contributed by atoms with Gasteiger partial charge in [0.15, 0.2) is 0 Å². The first-order chi connectivity index (χ1) is 9.47. The van der Waals surface area contributed by atoms with E-state index in [4.69, 9.17) is 0 Å². The molecule has 0 radical (unpaired) electrons. The maximum Gasteiger partial charge on any atom is 0.0102 e. The van der Waals surface area contributed by atoms with E-state index in [1.54, 1.807) is 6.42 Å². The molecule has 0 heterocycles. The van der Waals surface area contributed by atoms with Gasteiger partial charge < -0.3 is 10.2 Å². The molecule has 2 heteroatoms. The summed E-state index contributed by atoms with van der Waals surface area (Å²) >= 11 is 0. The van der Waals surface area contributed by atoms with E-state index in [1.807, 2.05) is 0 Å². The van der Waals surface area contributed by atoms with Crippen LogP contribution in [0.4, 0.5) is 0 Å². The normalized spacial score (nSPS) is 32.2. The standard InChI is InChI=1S/C18H36N2/c1-13(2)10-19-11-14(3)15(4)20(5)12-18-9-16-6-7-17(18)8-16/h13-19H,6-12H2,1-5H3. The van der Waals surface area contributed by atoms with Crippen molar-refractivity contribution in [3.05, 3.63) is 0 Å². The van der Waals surface area contributed by atoms with Gasteiger partial charge in [-0.05, 0) is 75.9 Å². The molecule has 1 N–H and O–H groups in total. The van der Waals surface area contributed by atoms with Crippen LogP contribution < -0.4 is 5.32 Å². The predicted molar refractivity (Wildman–Crippen MR) is 87.9 cm³/mol. The number of rotatable bonds is 8. The highest BCUT2D eigenvalue weighted by Crippen LogP contribution is 2.48. The van der Waals surface area contributed by atoms with Crippen LogP contribution in [0.2, 0.25) is 0 Å². The highest BCUT2D eigenvalue weighted by Gasteiger charge is 2.40. The second kappa shape index (κ2) is 7.26. The van der Waals surface area contributed by atoms with E-state index in [9.17, 15) is 0 Å². The lowest BCUT2D eigenvalue weighted by Gasteiger charge is -2.34. The van der Waals surface area contributed by atoms with Crippen molar-refractivity contribution in [3.63, 3.8) is 0 Å². The van der Waals surface area contributed by atoms with Crippen molar-refractivity contribution in [1.29, 1.82) is 0 Å². The Hall–Kier alpha value is -0.0800. The van der Waals surface area contributed by atoms with Crippen LogP contribution in [0, 0.1) is 29.6 Å². The van der Waals surface area contributed by atoms with Gasteiger partial charge in [0.05, 0.1) is 0 Å². The van der Waals surface area contributed by atoms with Gasteiger partial charge in [-0.2, -0.15) is 0 Å². The Kier molecular flexibility index (Phi) is 5.92. The van der Waals surface area contributed by atoms with Crippen molar-refractivity contribution in [2.24, 2.45) is 29.6 Å². The van der Waals surface area contributed by atoms with Crippen molar-refractivity contribution in [1.82, 2.24) is 10.2 Å². The van der Waals surface area contributed by atoms with Crippen LogP contribution in [0.3, 0.4) is 0 Å². The molecule has 2 nitrogen and oxygen atoms in total. The number of nitrogens with zero attached hydrogens (tertiary/aromatic N) is 1. The average molecular weight is 280 g/mol. The van der Waals surface area contributed by atoms with Gasteiger partial charge in [-0.15, -0.1) is 0 Å². The van der Waals surface area contributed by atoms with E-state index in [0.29, 0.717) is 6.04 Å². The minimum atomic E-state index is 0.689. The van der Waals surface area contributed by atoms with E-state index in [1.165, 1.54) is 25.8 Å². The number of nitrogens with one attached hydrogen (secondary N) is 1. The largest absolute Gasteiger partial charge is 0.316 e. The lowest BCUT2D eigenvalue weighted by molar-refractivity contribution is 0.146. The van der Waals surface area contributed by atoms with Crippen molar-refractivity contribution in [3.8, 4) is 0 Å². The smallest absolute Gasteiger partial charge is 0.0102 e. The zero-order valence-electron chi connectivity index (χ0n) is 14.4. The van der Waals surface area contributed by atoms with Gasteiger partial charge in [0.25, 0.3) is 0 Å². The summed E-state index contributed by atoms with van der Waals surface area (Å²) in [5, 5.41) is 3.61. The third kappa shape index (κ3) is 4.21. The Balaban J connectivity index is 1.69. The minimum absolute atomic E-state index is 0.689. The first kappa shape index (κ1) is 16.3. The number of fused-ring (bicyclic) bond motifs is 2. The molecule has 5 unspecified atom stereocenters. The molecular weight excluding hydrogens is 244 g/mol. The van der Waals surface area contributed by atoms with Gasteiger partial charge in [0.2, 0.25) is 0 Å². The van der Waals surface area contributed by atoms with Gasteiger partial charge in [-0.1, -0.05) is 27.2 Å². The summed E-state index contributed by atoms with van der Waals surface area (Å²) in [6.07, 6.45) is 6.10. The van der Waals surface area contributed by atoms with Crippen LogP contribution in [0.15, 0.2) is 0 Å². The molecule has 5 atom stereocenters. The van der Waals surface area contributed by atoms with Crippen LogP contribution in [0.1, 0.15) is 53.4 Å². The molecule has 2 rings (SSSR count). The number of hydrogen-bond donors (Lipinski definition) is 1. The Labute approximate surface area is 126 Å². The fourth-order valence-electron chi connectivity index (χ4n) is 4.34. The average Bonchev–Trinajstić information content (AvgIpc) is 2.99. The van der Waals surface area contributed by atoms with Gasteiger partial charge in [-0.25, -0.2) is 0 Å². The summed E-state index contributed by atoms with van der Waals surface area (Å²) in [5.74, 6) is 4.63. The quantitative estimate of drug-likeness (QED) is 0.730. The Bertz CT molecular complexity index is 289. The molecule has 2 aliphatic rings. The van der Waals surface area contributed by atoms with Gasteiger partial charge in [0, 0.05) is 12.6 Å². The Morgan fingerprint density at radius 2 is 1.80 bits per heavy atom. The summed E-state index contributed by atoms with van der Waals surface area (Å²) in [4.78, 5) is 2.63. The predicted octanol–water partition coefficient (Wildman–Crippen LogP) is 3.62. The molecule has 0 spiro atoms. The number of hydrogen-bond acceptors (Lipinski definition) is 2. The van der Waals surface area contributed by atoms with E-state index >= 15 is 0 Å². The molecule has 0 aromatic heterocycles. The van der Waals surface area contributed by atoms with Gasteiger partial charge in [0.1, 0.15) is 0 Å². The lowest BCUT2D eigenvalue weighted by atomic mass is 9.88. The SMILES string of the molecule is CC(C)CNCC(C)C(C)N(C)CC1CC2CCC1C2. The molecule has 118 valence electrons. The van der Waals surface area contributed by atoms with Crippen LogP contribution in [0.25, 0.3) is 0 Å². The Morgan fingerprint density at radius 3 is 2.35 bits per heavy atom. The zero-order chi connectivity index (χ0) is 14.7. The molecule has 0 amide bonds. The highest BCUT2D eigenvalue weighted by atomic mass is 15.1. The molecular formula is C18H36N2. The molecule has 0 aromatic rings. The second-order valence-corrected chi connectivity index (χ2v) is 8.14. The first-order valence-corrected chi connectivity index (χ1v) is 8.88. The molecule has 2 bridgehead atoms. The van der Waals surface area contributed by atoms with Crippen molar-refractivity contribution < 1.29 is 0 Å². The maximum absolute atomic E-state index is 3.61. The van der Waals surface area contributed by atoms with Gasteiger partial charge >= 0.3 is 0 Å². The highest BCUT2D eigenvalue weighted by molar-refractivity contribution is 4.91. The summed E-state index contributed by atoms with van der Waals surface area (Å²) in [6, 6.07) is 0.689. The lowest BCUT2D eigenvalue weighted by Crippen LogP contribution is -2.42. The van der Waals surface area contributed by atoms with Crippen molar-refractivity contribution >= 4 is 0 Å². The molecule has 2 fully saturated rings. The summed E-state index contributed by atoms with van der Waals surface area (Å²) in [7, 11) is 2.34. The molecule has 0 aromatic carbocycles. The maximum atomic E-state index is 3.61. The first-order valence-electron chi connectivity index (χ1n) is 8.88. The van der Waals surface area contributed by atoms with E-state index in [-0.39, 0.29) is 0 Å². The molecule has 20 heavy (non-hydrogen) atoms. The molecule has 2 saturated carbocycles. The molecule has 0 saturated heterocycles. The third-order valence-electron chi connectivity index (χ3n) is 5.94. The van der Waals surface area contributed by atoms with Crippen molar-refractivity contribution in [2.45, 2.75) is 59.4 Å². The Morgan fingerprint density at radius 1 is 1.05 bits per heavy atom. The topological polar surface area (TPSA) is 15.3 Å². The van der Waals surface area contributed by atoms with Crippen LogP contribution in [-0.2, 0) is 0 Å². The molecule has 2 aliphatic carbocycles. The van der Waals surface area contributed by atoms with Crippen LogP contribution in [-0.4, -0.2) is 37.6 Å². The van der Waals surface area contributed by atoms with E-state index in [2.05, 4.69) is 45.0 Å². The summed E-state index contributed by atoms with van der Waals surface area (Å²) < 4.78 is 0. The zero-order valence-corrected chi connectivity index (χ0v) is 14.4. The van der Waals surface area contributed by atoms with Gasteiger partial charge in [-0.3, -0.25) is 0 Å². The minimum Gasteiger partial charge on any atom is -0.316 e. The van der Waals surface area contributed by atoms with E-state index in [0.717, 1.165) is 42.7 Å². The second-order valence-electron chi connectivity index (χ2n) is 8.14. The summed E-state index contributed by atoms with van der Waals surface area (Å²) in [6.45, 7) is 13.0. The fourth-order valence-corrected chi connectivity index (χ4v) is 4.34. The van der Waals surface area contributed by atoms with E-state index < -0.39 is 0 Å². The molecule has 0 aliphatic heterocycles. The van der Waals surface area contributed by atoms with Crippen LogP contribution >= 0.6 is 0 Å². The van der Waals surface area contributed by atoms with Crippen LogP contribution in [0.5, 0.6) is 0 Å².